The molecule has 2 nitrogen and oxygen atoms in total. The maximum atomic E-state index is 10.6. The van der Waals surface area contributed by atoms with E-state index in [1.807, 2.05) is 14.0 Å². The summed E-state index contributed by atoms with van der Waals surface area (Å²) in [6, 6.07) is 0. The van der Waals surface area contributed by atoms with Gasteiger partial charge in [-0.15, -0.1) is 0 Å². The van der Waals surface area contributed by atoms with Crippen molar-refractivity contribution in [3.63, 3.8) is 0 Å². The molecular formula is C5H13NOS. The quantitative estimate of drug-likeness (QED) is 0.550. The molecule has 0 heterocycles. The van der Waals surface area contributed by atoms with Crippen LogP contribution in [-0.2, 0) is 11.2 Å². The van der Waals surface area contributed by atoms with E-state index in [0.29, 0.717) is 0 Å². The Bertz CT molecular complexity index is 51.7. The van der Waals surface area contributed by atoms with Crippen LogP contribution in [0.3, 0.4) is 0 Å². The van der Waals surface area contributed by atoms with Crippen LogP contribution in [0.1, 0.15) is 6.92 Å². The standard InChI is InChI=1S/C5H13NOS/c1-3-8(7)5-4-6-2/h6H,3-5H2,1-2H3. The highest BCUT2D eigenvalue weighted by molar-refractivity contribution is 7.91. The molecule has 0 bridgehead atoms. The van der Waals surface area contributed by atoms with Gasteiger partial charge in [-0.2, -0.15) is 0 Å². The maximum Gasteiger partial charge on any atom is 0.117 e. The summed E-state index contributed by atoms with van der Waals surface area (Å²) < 4.78 is 10.6. The van der Waals surface area contributed by atoms with E-state index < -0.39 is 11.2 Å². The van der Waals surface area contributed by atoms with E-state index in [2.05, 4.69) is 5.32 Å². The molecule has 0 spiro atoms. The van der Waals surface area contributed by atoms with Gasteiger partial charge >= 0.3 is 0 Å². The van der Waals surface area contributed by atoms with Gasteiger partial charge in [-0.05, 0) is 14.0 Å². The van der Waals surface area contributed by atoms with Gasteiger partial charge in [0.15, 0.2) is 0 Å². The molecule has 1 unspecified atom stereocenters. The summed E-state index contributed by atoms with van der Waals surface area (Å²) in [5, 5.41) is 2.94. The third-order valence-corrected chi connectivity index (χ3v) is 2.21. The van der Waals surface area contributed by atoms with Crippen molar-refractivity contribution in [2.75, 3.05) is 25.1 Å². The first-order valence-electron chi connectivity index (χ1n) is 2.80. The molecule has 0 amide bonds. The van der Waals surface area contributed by atoms with E-state index in [1.54, 1.807) is 0 Å². The predicted molar refractivity (Wildman–Crippen MR) is 37.5 cm³/mol. The van der Waals surface area contributed by atoms with Crippen LogP contribution in [0.4, 0.5) is 0 Å². The summed E-state index contributed by atoms with van der Waals surface area (Å²) in [4.78, 5) is 0. The zero-order valence-electron chi connectivity index (χ0n) is 5.44. The van der Waals surface area contributed by atoms with E-state index >= 15 is 0 Å². The molecule has 0 saturated carbocycles. The molecule has 50 valence electrons. The van der Waals surface area contributed by atoms with Crippen LogP contribution in [0.5, 0.6) is 0 Å². The molecule has 0 aliphatic heterocycles. The van der Waals surface area contributed by atoms with Crippen molar-refractivity contribution in [3.05, 3.63) is 0 Å². The van der Waals surface area contributed by atoms with Gasteiger partial charge in [-0.3, -0.25) is 0 Å². The van der Waals surface area contributed by atoms with E-state index in [0.717, 1.165) is 18.1 Å². The van der Waals surface area contributed by atoms with E-state index in [4.69, 9.17) is 0 Å². The fourth-order valence-corrected chi connectivity index (χ4v) is 1.08. The lowest BCUT2D eigenvalue weighted by Gasteiger charge is -2.06. The second kappa shape index (κ2) is 5.41. The van der Waals surface area contributed by atoms with Crippen molar-refractivity contribution in [1.82, 2.24) is 5.32 Å². The van der Waals surface area contributed by atoms with Crippen LogP contribution in [0.2, 0.25) is 0 Å². The van der Waals surface area contributed by atoms with Crippen molar-refractivity contribution in [1.29, 1.82) is 0 Å². The molecule has 0 fully saturated rings. The van der Waals surface area contributed by atoms with Gasteiger partial charge in [0, 0.05) is 6.54 Å². The molecule has 1 N–H and O–H groups in total. The summed E-state index contributed by atoms with van der Waals surface area (Å²) in [5.74, 6) is 1.56. The number of hydrogen-bond donors (Lipinski definition) is 1. The third kappa shape index (κ3) is 4.43. The molecule has 0 rings (SSSR count). The molecule has 0 aromatic heterocycles. The van der Waals surface area contributed by atoms with Crippen molar-refractivity contribution >= 4 is 11.2 Å². The van der Waals surface area contributed by atoms with Gasteiger partial charge in [0.1, 0.15) is 11.5 Å². The van der Waals surface area contributed by atoms with Gasteiger partial charge in [0.25, 0.3) is 0 Å². The molecule has 3 heteroatoms. The average molecular weight is 135 g/mol. The predicted octanol–water partition coefficient (Wildman–Crippen LogP) is -0.0256. The van der Waals surface area contributed by atoms with Gasteiger partial charge < -0.3 is 9.87 Å². The lowest BCUT2D eigenvalue weighted by molar-refractivity contribution is 0.594. The molecule has 0 radical (unpaired) electrons. The lowest BCUT2D eigenvalue weighted by atomic mass is 10.8. The van der Waals surface area contributed by atoms with Crippen LogP contribution in [0.25, 0.3) is 0 Å². The SMILES string of the molecule is CC[S+]([O-])CCNC. The normalized spacial score (nSPS) is 13.9. The highest BCUT2D eigenvalue weighted by atomic mass is 32.2. The molecule has 0 aliphatic rings. The Labute approximate surface area is 53.8 Å². The van der Waals surface area contributed by atoms with Gasteiger partial charge in [-0.25, -0.2) is 0 Å². The molecule has 1 atom stereocenters. The van der Waals surface area contributed by atoms with Crippen molar-refractivity contribution in [3.8, 4) is 0 Å². The Kier molecular flexibility index (Phi) is 5.59. The Morgan fingerprint density at radius 3 is 2.62 bits per heavy atom. The van der Waals surface area contributed by atoms with Crippen LogP contribution in [0.15, 0.2) is 0 Å². The second-order valence-corrected chi connectivity index (χ2v) is 3.40. The fraction of sp³-hybridized carbons (Fsp3) is 1.00. The second-order valence-electron chi connectivity index (χ2n) is 1.54. The maximum absolute atomic E-state index is 10.6. The molecule has 8 heavy (non-hydrogen) atoms. The van der Waals surface area contributed by atoms with Gasteiger partial charge in [0.2, 0.25) is 0 Å². The topological polar surface area (TPSA) is 35.1 Å². The molecule has 0 aromatic carbocycles. The first-order chi connectivity index (χ1) is 3.81. The van der Waals surface area contributed by atoms with Gasteiger partial charge in [-0.1, -0.05) is 11.2 Å². The Morgan fingerprint density at radius 2 is 2.25 bits per heavy atom. The smallest absolute Gasteiger partial charge is 0.117 e. The summed E-state index contributed by atoms with van der Waals surface area (Å²) in [7, 11) is 1.87. The Hall–Kier alpha value is 0.270. The number of rotatable bonds is 4. The number of nitrogens with one attached hydrogen (secondary N) is 1. The van der Waals surface area contributed by atoms with Crippen LogP contribution in [0, 0.1) is 0 Å². The largest absolute Gasteiger partial charge is 0.616 e. The van der Waals surface area contributed by atoms with Crippen LogP contribution >= 0.6 is 0 Å². The lowest BCUT2D eigenvalue weighted by Crippen LogP contribution is -2.20. The minimum Gasteiger partial charge on any atom is -0.616 e. The third-order valence-electron chi connectivity index (χ3n) is 0.902. The molecular weight excluding hydrogens is 122 g/mol. The van der Waals surface area contributed by atoms with Crippen molar-refractivity contribution < 1.29 is 4.55 Å². The van der Waals surface area contributed by atoms with Crippen LogP contribution in [-0.4, -0.2) is 29.7 Å². The molecule has 0 saturated heterocycles. The zero-order valence-corrected chi connectivity index (χ0v) is 6.25. The van der Waals surface area contributed by atoms with Crippen LogP contribution < -0.4 is 5.32 Å². The Balaban J connectivity index is 2.86. The summed E-state index contributed by atoms with van der Waals surface area (Å²) in [5.41, 5.74) is 0. The number of hydrogen-bond acceptors (Lipinski definition) is 2. The van der Waals surface area contributed by atoms with E-state index in [9.17, 15) is 4.55 Å². The van der Waals surface area contributed by atoms with Gasteiger partial charge in [0.05, 0.1) is 0 Å². The minimum absolute atomic E-state index is 0.589. The average Bonchev–Trinajstić information content (AvgIpc) is 1.83. The fourth-order valence-electron chi connectivity index (χ4n) is 0.360. The first-order valence-corrected chi connectivity index (χ1v) is 4.29. The monoisotopic (exact) mass is 135 g/mol. The summed E-state index contributed by atoms with van der Waals surface area (Å²) in [6.07, 6.45) is 0. The molecule has 0 aliphatic carbocycles. The minimum atomic E-state index is -0.589. The van der Waals surface area contributed by atoms with Crippen molar-refractivity contribution in [2.24, 2.45) is 0 Å². The van der Waals surface area contributed by atoms with E-state index in [1.165, 1.54) is 0 Å². The zero-order chi connectivity index (χ0) is 6.41. The highest BCUT2D eigenvalue weighted by Crippen LogP contribution is 1.85. The Morgan fingerprint density at radius 1 is 1.62 bits per heavy atom. The highest BCUT2D eigenvalue weighted by Gasteiger charge is 1.97. The van der Waals surface area contributed by atoms with E-state index in [-0.39, 0.29) is 0 Å². The summed E-state index contributed by atoms with van der Waals surface area (Å²) in [6.45, 7) is 2.80. The molecule has 0 aromatic rings. The summed E-state index contributed by atoms with van der Waals surface area (Å²) >= 11 is -0.589. The van der Waals surface area contributed by atoms with Crippen molar-refractivity contribution in [2.45, 2.75) is 6.92 Å². The first kappa shape index (κ1) is 8.27.